The summed E-state index contributed by atoms with van der Waals surface area (Å²) in [4.78, 5) is 57.0. The second kappa shape index (κ2) is 16.5. The summed E-state index contributed by atoms with van der Waals surface area (Å²) in [6.07, 6.45) is 6.33. The third-order valence-corrected chi connectivity index (χ3v) is 6.61. The number of carbonyl (C=O) groups excluding carboxylic acids is 3. The maximum Gasteiger partial charge on any atom is 0.274 e. The van der Waals surface area contributed by atoms with Crippen LogP contribution in [0.5, 0.6) is 5.75 Å². The number of unbranched alkanes of at least 4 members (excludes halogenated alkanes) is 1. The lowest BCUT2D eigenvalue weighted by Gasteiger charge is -2.08. The minimum atomic E-state index is -0.795. The van der Waals surface area contributed by atoms with Crippen LogP contribution in [0.25, 0.3) is 11.0 Å². The van der Waals surface area contributed by atoms with Crippen LogP contribution in [-0.2, 0) is 22.7 Å². The van der Waals surface area contributed by atoms with E-state index in [1.54, 1.807) is 12.1 Å². The molecule has 0 spiro atoms. The Morgan fingerprint density at radius 2 is 1.76 bits per heavy atom. The maximum atomic E-state index is 14.2. The molecule has 3 amide bonds. The number of fused-ring (bicyclic) bond motifs is 1. The number of hydrogen-bond acceptors (Lipinski definition) is 7. The minimum absolute atomic E-state index is 0.0250. The Balaban J connectivity index is 0.000000463. The van der Waals surface area contributed by atoms with Gasteiger partial charge in [-0.1, -0.05) is 6.08 Å². The van der Waals surface area contributed by atoms with E-state index in [-0.39, 0.29) is 53.7 Å². The quantitative estimate of drug-likeness (QED) is 0.0862. The molecule has 0 fully saturated rings. The molecule has 0 radical (unpaired) electrons. The molecule has 0 atom stereocenters. The molecule has 0 aliphatic carbocycles. The van der Waals surface area contributed by atoms with Gasteiger partial charge in [-0.05, 0) is 61.4 Å². The summed E-state index contributed by atoms with van der Waals surface area (Å²) < 4.78 is 60.4. The average molecular weight is 680 g/mol. The zero-order valence-electron chi connectivity index (χ0n) is 25.6. The van der Waals surface area contributed by atoms with E-state index in [4.69, 9.17) is 16.2 Å². The first-order chi connectivity index (χ1) is 23.4. The molecular weight excluding hydrogens is 650 g/mol. The summed E-state index contributed by atoms with van der Waals surface area (Å²) in [5.74, 6) is -3.87. The number of anilines is 1. The second-order valence-corrected chi connectivity index (χ2v) is 10.3. The van der Waals surface area contributed by atoms with Gasteiger partial charge in [-0.25, -0.2) is 27.5 Å². The van der Waals surface area contributed by atoms with Gasteiger partial charge in [-0.2, -0.15) is 0 Å². The van der Waals surface area contributed by atoms with E-state index < -0.39 is 40.6 Å². The van der Waals surface area contributed by atoms with E-state index in [1.807, 2.05) is 0 Å². The molecule has 5 rings (SSSR count). The Morgan fingerprint density at radius 3 is 2.45 bits per heavy atom. The van der Waals surface area contributed by atoms with Crippen molar-refractivity contribution >= 4 is 34.4 Å². The summed E-state index contributed by atoms with van der Waals surface area (Å²) >= 11 is 0. The third kappa shape index (κ3) is 10.3. The highest BCUT2D eigenvalue weighted by atomic mass is 19.1. The molecule has 49 heavy (non-hydrogen) atoms. The van der Waals surface area contributed by atoms with Crippen LogP contribution in [0.2, 0.25) is 0 Å². The molecule has 0 saturated carbocycles. The molecule has 3 heterocycles. The SMILES string of the molecule is NC(=O)/C=C/CCCC(=O)Nc1cccn(Cc2nc3c(OCc4ccc(F)cc4F)cc(F)cc3[nH]2)c1=O.NC(=O)c1ccc(F)cn1. The summed E-state index contributed by atoms with van der Waals surface area (Å²) in [5.41, 5.74) is 10.1. The van der Waals surface area contributed by atoms with E-state index in [2.05, 4.69) is 20.3 Å². The van der Waals surface area contributed by atoms with Gasteiger partial charge < -0.3 is 31.1 Å². The molecule has 2 aromatic carbocycles. The van der Waals surface area contributed by atoms with Gasteiger partial charge in [-0.15, -0.1) is 0 Å². The highest BCUT2D eigenvalue weighted by molar-refractivity contribution is 5.91. The second-order valence-electron chi connectivity index (χ2n) is 10.3. The Labute approximate surface area is 275 Å². The highest BCUT2D eigenvalue weighted by Gasteiger charge is 2.15. The van der Waals surface area contributed by atoms with Crippen LogP contribution in [0.1, 0.15) is 41.1 Å². The summed E-state index contributed by atoms with van der Waals surface area (Å²) in [7, 11) is 0. The summed E-state index contributed by atoms with van der Waals surface area (Å²) in [5, 5.41) is 2.58. The number of H-pyrrole nitrogens is 1. The van der Waals surface area contributed by atoms with E-state index in [0.29, 0.717) is 24.2 Å². The van der Waals surface area contributed by atoms with Crippen molar-refractivity contribution in [2.24, 2.45) is 11.5 Å². The van der Waals surface area contributed by atoms with Gasteiger partial charge in [0.05, 0.1) is 18.3 Å². The first-order valence-corrected chi connectivity index (χ1v) is 14.5. The summed E-state index contributed by atoms with van der Waals surface area (Å²) in [6, 6.07) is 10.8. The number of allylic oxidation sites excluding steroid dienone is 1. The molecule has 0 aliphatic rings. The lowest BCUT2D eigenvalue weighted by atomic mass is 10.2. The van der Waals surface area contributed by atoms with Gasteiger partial charge in [0.2, 0.25) is 11.8 Å². The number of nitrogens with one attached hydrogen (secondary N) is 2. The predicted molar refractivity (Wildman–Crippen MR) is 170 cm³/mol. The number of ether oxygens (including phenoxy) is 1. The van der Waals surface area contributed by atoms with Crippen molar-refractivity contribution in [3.05, 3.63) is 130 Å². The van der Waals surface area contributed by atoms with Gasteiger partial charge in [0.15, 0.2) is 5.75 Å². The number of halogens is 4. The zero-order valence-corrected chi connectivity index (χ0v) is 25.6. The highest BCUT2D eigenvalue weighted by Crippen LogP contribution is 2.27. The van der Waals surface area contributed by atoms with Crippen molar-refractivity contribution in [1.82, 2.24) is 19.5 Å². The van der Waals surface area contributed by atoms with E-state index in [0.717, 1.165) is 30.5 Å². The molecule has 0 bridgehead atoms. The molecule has 6 N–H and O–H groups in total. The Bertz CT molecular complexity index is 2060. The molecule has 254 valence electrons. The number of aromatic nitrogens is 4. The number of aromatic amines is 1. The van der Waals surface area contributed by atoms with E-state index in [1.165, 1.54) is 41.1 Å². The summed E-state index contributed by atoms with van der Waals surface area (Å²) in [6.45, 7) is -0.307. The Kier molecular flexibility index (Phi) is 12.0. The van der Waals surface area contributed by atoms with E-state index in [9.17, 15) is 36.7 Å². The molecule has 0 unspecified atom stereocenters. The molecule has 0 aliphatic heterocycles. The van der Waals surface area contributed by atoms with Crippen LogP contribution in [0.15, 0.2) is 83.9 Å². The van der Waals surface area contributed by atoms with Crippen LogP contribution in [-0.4, -0.2) is 37.2 Å². The number of nitrogens with two attached hydrogens (primary N) is 2. The van der Waals surface area contributed by atoms with Crippen molar-refractivity contribution in [1.29, 1.82) is 0 Å². The van der Waals surface area contributed by atoms with E-state index >= 15 is 0 Å². The average Bonchev–Trinajstić information content (AvgIpc) is 3.45. The molecular formula is C33H29F4N7O5. The van der Waals surface area contributed by atoms with Crippen LogP contribution in [0.4, 0.5) is 23.2 Å². The van der Waals surface area contributed by atoms with Gasteiger partial charge >= 0.3 is 0 Å². The fourth-order valence-corrected chi connectivity index (χ4v) is 4.31. The number of amides is 3. The molecule has 16 heteroatoms. The van der Waals surface area contributed by atoms with Crippen LogP contribution in [0.3, 0.4) is 0 Å². The van der Waals surface area contributed by atoms with Crippen molar-refractivity contribution in [3.8, 4) is 5.75 Å². The Morgan fingerprint density at radius 1 is 0.980 bits per heavy atom. The lowest BCUT2D eigenvalue weighted by Crippen LogP contribution is -2.26. The number of benzene rings is 2. The zero-order chi connectivity index (χ0) is 35.5. The van der Waals surface area contributed by atoms with Gasteiger partial charge in [0, 0.05) is 30.3 Å². The topological polar surface area (TPSA) is 188 Å². The van der Waals surface area contributed by atoms with Gasteiger partial charge in [-0.3, -0.25) is 19.2 Å². The first kappa shape index (κ1) is 35.5. The minimum Gasteiger partial charge on any atom is -0.486 e. The number of primary amides is 2. The smallest absolute Gasteiger partial charge is 0.274 e. The maximum absolute atomic E-state index is 14.2. The lowest BCUT2D eigenvalue weighted by molar-refractivity contribution is -0.116. The van der Waals surface area contributed by atoms with Crippen molar-refractivity contribution in [3.63, 3.8) is 0 Å². The number of hydrogen-bond donors (Lipinski definition) is 4. The number of carbonyl (C=O) groups is 3. The van der Waals surface area contributed by atoms with Gasteiger partial charge in [0.1, 0.15) is 52.6 Å². The number of nitrogens with zero attached hydrogens (tertiary/aromatic N) is 3. The fraction of sp³-hybridized carbons (Fsp3) is 0.152. The molecule has 0 saturated heterocycles. The van der Waals surface area contributed by atoms with Gasteiger partial charge in [0.25, 0.3) is 11.5 Å². The van der Waals surface area contributed by atoms with Crippen molar-refractivity contribution in [2.75, 3.05) is 5.32 Å². The molecule has 12 nitrogen and oxygen atoms in total. The predicted octanol–water partition coefficient (Wildman–Crippen LogP) is 4.24. The van der Waals surface area contributed by atoms with Crippen molar-refractivity contribution in [2.45, 2.75) is 32.4 Å². The first-order valence-electron chi connectivity index (χ1n) is 14.5. The van der Waals surface area contributed by atoms with Crippen molar-refractivity contribution < 1.29 is 36.7 Å². The number of pyridine rings is 2. The Hall–Kier alpha value is -6.32. The largest absolute Gasteiger partial charge is 0.486 e. The number of rotatable bonds is 12. The molecule has 3 aromatic heterocycles. The van der Waals surface area contributed by atoms with Crippen LogP contribution >= 0.6 is 0 Å². The molecule has 5 aromatic rings. The monoisotopic (exact) mass is 679 g/mol. The number of imidazole rings is 1. The van der Waals surface area contributed by atoms with Crippen LogP contribution in [0, 0.1) is 23.3 Å². The normalized spacial score (nSPS) is 10.9. The standard InChI is InChI=1S/C27H24F3N5O4.C6H5FN2O/c28-17-9-8-16(19(30)11-17)15-39-22-13-18(29)12-21-26(22)34-24(32-21)14-35-10-4-5-20(27(35)38)33-25(37)7-3-1-2-6-23(31)36;7-4-1-2-5(6(8)10)9-3-4/h2,4-6,8-13H,1,3,7,14-15H2,(H2,31,36)(H,32,34)(H,33,37);1-3H,(H2,8,10)/b6-2+;. The fourth-order valence-electron chi connectivity index (χ4n) is 4.31. The van der Waals surface area contributed by atoms with Crippen LogP contribution < -0.4 is 27.1 Å². The third-order valence-electron chi connectivity index (χ3n) is 6.61.